The fraction of sp³-hybridized carbons (Fsp3) is 0.889. The van der Waals surface area contributed by atoms with Gasteiger partial charge >= 0.3 is 0 Å². The Kier molecular flexibility index (Phi) is 1.83. The highest BCUT2D eigenvalue weighted by molar-refractivity contribution is 5.83. The lowest BCUT2D eigenvalue weighted by Gasteiger charge is -2.37. The molecule has 1 N–H and O–H groups in total. The van der Waals surface area contributed by atoms with Crippen LogP contribution in [0.3, 0.4) is 0 Å². The number of rotatable bonds is 1. The number of hydrogen-bond donors (Lipinski definition) is 1. The number of nitrogens with zero attached hydrogens (tertiary/aromatic N) is 1. The van der Waals surface area contributed by atoms with Crippen molar-refractivity contribution >= 4 is 5.91 Å². The lowest BCUT2D eigenvalue weighted by molar-refractivity contribution is -0.129. The molecule has 0 saturated carbocycles. The molecule has 0 aromatic rings. The summed E-state index contributed by atoms with van der Waals surface area (Å²) in [6.45, 7) is 5.20. The number of amides is 1. The summed E-state index contributed by atoms with van der Waals surface area (Å²) in [6.07, 6.45) is 2.23. The van der Waals surface area contributed by atoms with Gasteiger partial charge in [-0.2, -0.15) is 0 Å². The van der Waals surface area contributed by atoms with E-state index < -0.39 is 0 Å². The molecule has 0 spiro atoms. The Balaban J connectivity index is 2.18. The Morgan fingerprint density at radius 3 is 2.83 bits per heavy atom. The fourth-order valence-corrected chi connectivity index (χ4v) is 2.49. The van der Waals surface area contributed by atoms with E-state index in [1.807, 2.05) is 0 Å². The van der Waals surface area contributed by atoms with Crippen LogP contribution in [0.4, 0.5) is 0 Å². The fourth-order valence-electron chi connectivity index (χ4n) is 2.49. The van der Waals surface area contributed by atoms with Crippen molar-refractivity contribution in [2.75, 3.05) is 6.54 Å². The quantitative estimate of drug-likeness (QED) is 0.613. The van der Waals surface area contributed by atoms with E-state index in [2.05, 4.69) is 24.1 Å². The molecule has 12 heavy (non-hydrogen) atoms. The van der Waals surface area contributed by atoms with E-state index in [9.17, 15) is 4.79 Å². The molecule has 3 nitrogen and oxygen atoms in total. The Morgan fingerprint density at radius 2 is 2.25 bits per heavy atom. The first-order valence-electron chi connectivity index (χ1n) is 4.75. The molecule has 0 aromatic heterocycles. The van der Waals surface area contributed by atoms with Gasteiger partial charge in [0.15, 0.2) is 0 Å². The van der Waals surface area contributed by atoms with Gasteiger partial charge in [0.1, 0.15) is 0 Å². The molecule has 0 aliphatic carbocycles. The summed E-state index contributed by atoms with van der Waals surface area (Å²) in [4.78, 5) is 13.8. The van der Waals surface area contributed by atoms with Crippen LogP contribution in [0.25, 0.3) is 0 Å². The minimum atomic E-state index is 0.170. The van der Waals surface area contributed by atoms with Gasteiger partial charge in [-0.05, 0) is 26.7 Å². The van der Waals surface area contributed by atoms with Crippen LogP contribution in [0.15, 0.2) is 0 Å². The molecule has 2 aliphatic rings. The van der Waals surface area contributed by atoms with E-state index in [4.69, 9.17) is 0 Å². The third-order valence-electron chi connectivity index (χ3n) is 2.97. The van der Waals surface area contributed by atoms with Gasteiger partial charge in [0, 0.05) is 18.6 Å². The Hall–Kier alpha value is -0.570. The van der Waals surface area contributed by atoms with E-state index >= 15 is 0 Å². The van der Waals surface area contributed by atoms with E-state index in [1.54, 1.807) is 0 Å². The van der Waals surface area contributed by atoms with Crippen molar-refractivity contribution in [3.8, 4) is 0 Å². The first-order valence-corrected chi connectivity index (χ1v) is 4.75. The van der Waals surface area contributed by atoms with Crippen LogP contribution in [0.5, 0.6) is 0 Å². The van der Waals surface area contributed by atoms with Gasteiger partial charge in [-0.1, -0.05) is 0 Å². The molecule has 0 aromatic carbocycles. The van der Waals surface area contributed by atoms with Gasteiger partial charge in [-0.25, -0.2) is 0 Å². The van der Waals surface area contributed by atoms with Crippen molar-refractivity contribution in [2.45, 2.75) is 44.8 Å². The molecule has 2 heterocycles. The predicted molar refractivity (Wildman–Crippen MR) is 46.8 cm³/mol. The number of piperazine rings is 1. The van der Waals surface area contributed by atoms with E-state index in [0.717, 1.165) is 13.0 Å². The first-order chi connectivity index (χ1) is 5.70. The van der Waals surface area contributed by atoms with Crippen LogP contribution in [-0.2, 0) is 4.79 Å². The normalized spacial score (nSPS) is 35.8. The van der Waals surface area contributed by atoms with Crippen LogP contribution in [0.2, 0.25) is 0 Å². The van der Waals surface area contributed by atoms with Crippen LogP contribution in [0, 0.1) is 0 Å². The summed E-state index contributed by atoms with van der Waals surface area (Å²) in [6, 6.07) is 1.28. The average Bonchev–Trinajstić information content (AvgIpc) is 2.35. The van der Waals surface area contributed by atoms with E-state index in [0.29, 0.717) is 12.1 Å². The zero-order chi connectivity index (χ0) is 8.72. The monoisotopic (exact) mass is 168 g/mol. The second-order valence-corrected chi connectivity index (χ2v) is 4.03. The van der Waals surface area contributed by atoms with Crippen molar-refractivity contribution in [3.05, 3.63) is 0 Å². The molecule has 1 amide bonds. The summed E-state index contributed by atoms with van der Waals surface area (Å²) in [5.74, 6) is 0.234. The van der Waals surface area contributed by atoms with Gasteiger partial charge in [-0.3, -0.25) is 9.69 Å². The van der Waals surface area contributed by atoms with Gasteiger partial charge in [0.25, 0.3) is 0 Å². The van der Waals surface area contributed by atoms with Crippen molar-refractivity contribution in [2.24, 2.45) is 0 Å². The lowest BCUT2D eigenvalue weighted by atomic mass is 10.1. The SMILES string of the molecule is CC(C)N1C2CCC1C(=O)NC2. The number of hydrogen-bond acceptors (Lipinski definition) is 2. The average molecular weight is 168 g/mol. The van der Waals surface area contributed by atoms with Gasteiger partial charge in [0.2, 0.25) is 5.91 Å². The van der Waals surface area contributed by atoms with Crippen molar-refractivity contribution in [3.63, 3.8) is 0 Å². The smallest absolute Gasteiger partial charge is 0.237 e. The predicted octanol–water partition coefficient (Wildman–Crippen LogP) is 0.358. The zero-order valence-electron chi connectivity index (χ0n) is 7.71. The maximum atomic E-state index is 11.4. The molecular formula is C9H16N2O. The lowest BCUT2D eigenvalue weighted by Crippen LogP contribution is -2.57. The van der Waals surface area contributed by atoms with Crippen molar-refractivity contribution in [1.82, 2.24) is 10.2 Å². The summed E-state index contributed by atoms with van der Waals surface area (Å²) in [5.41, 5.74) is 0. The third kappa shape index (κ3) is 1.04. The van der Waals surface area contributed by atoms with Crippen LogP contribution in [0.1, 0.15) is 26.7 Å². The highest BCUT2D eigenvalue weighted by Gasteiger charge is 2.42. The number of nitrogens with one attached hydrogen (secondary N) is 1. The summed E-state index contributed by atoms with van der Waals surface area (Å²) >= 11 is 0. The Morgan fingerprint density at radius 1 is 1.50 bits per heavy atom. The highest BCUT2D eigenvalue weighted by Crippen LogP contribution is 2.28. The zero-order valence-corrected chi connectivity index (χ0v) is 7.71. The maximum Gasteiger partial charge on any atom is 0.237 e. The number of carbonyl (C=O) groups is 1. The molecule has 2 bridgehead atoms. The number of carbonyl (C=O) groups excluding carboxylic acids is 1. The Labute approximate surface area is 73.1 Å². The van der Waals surface area contributed by atoms with Crippen molar-refractivity contribution in [1.29, 1.82) is 0 Å². The molecule has 2 unspecified atom stereocenters. The topological polar surface area (TPSA) is 32.3 Å². The second kappa shape index (κ2) is 2.73. The molecule has 2 aliphatic heterocycles. The molecule has 2 fully saturated rings. The van der Waals surface area contributed by atoms with Crippen LogP contribution < -0.4 is 5.32 Å². The molecule has 2 atom stereocenters. The summed E-state index contributed by atoms with van der Waals surface area (Å²) in [7, 11) is 0. The summed E-state index contributed by atoms with van der Waals surface area (Å²) in [5, 5.41) is 2.95. The van der Waals surface area contributed by atoms with E-state index in [1.165, 1.54) is 6.42 Å². The molecule has 2 saturated heterocycles. The standard InChI is InChI=1S/C9H16N2O/c1-6(2)11-7-3-4-8(11)9(12)10-5-7/h6-8H,3-5H2,1-2H3,(H,10,12). The highest BCUT2D eigenvalue weighted by atomic mass is 16.2. The Bertz CT molecular complexity index is 203. The largest absolute Gasteiger partial charge is 0.353 e. The number of fused-ring (bicyclic) bond motifs is 2. The van der Waals surface area contributed by atoms with Gasteiger partial charge in [0.05, 0.1) is 6.04 Å². The molecule has 0 radical (unpaired) electrons. The third-order valence-corrected chi connectivity index (χ3v) is 2.97. The van der Waals surface area contributed by atoms with Gasteiger partial charge < -0.3 is 5.32 Å². The van der Waals surface area contributed by atoms with E-state index in [-0.39, 0.29) is 11.9 Å². The van der Waals surface area contributed by atoms with Crippen molar-refractivity contribution < 1.29 is 4.79 Å². The maximum absolute atomic E-state index is 11.4. The minimum absolute atomic E-state index is 0.170. The minimum Gasteiger partial charge on any atom is -0.353 e. The molecule has 68 valence electrons. The molecule has 3 heteroatoms. The van der Waals surface area contributed by atoms with Crippen LogP contribution >= 0.6 is 0 Å². The van der Waals surface area contributed by atoms with Crippen LogP contribution in [-0.4, -0.2) is 35.5 Å². The molecular weight excluding hydrogens is 152 g/mol. The summed E-state index contributed by atoms with van der Waals surface area (Å²) < 4.78 is 0. The first kappa shape index (κ1) is 8.05. The second-order valence-electron chi connectivity index (χ2n) is 4.03. The van der Waals surface area contributed by atoms with Gasteiger partial charge in [-0.15, -0.1) is 0 Å². The molecule has 2 rings (SSSR count).